The Morgan fingerprint density at radius 2 is 1.84 bits per heavy atom. The number of ether oxygens (including phenoxy) is 2. The van der Waals surface area contributed by atoms with Crippen LogP contribution in [0.4, 0.5) is 0 Å². The van der Waals surface area contributed by atoms with Gasteiger partial charge >= 0.3 is 0 Å². The number of fused-ring (bicyclic) bond motifs is 1. The summed E-state index contributed by atoms with van der Waals surface area (Å²) >= 11 is 6.65. The predicted molar refractivity (Wildman–Crippen MR) is 127 cm³/mol. The van der Waals surface area contributed by atoms with Crippen LogP contribution in [0, 0.1) is 0 Å². The van der Waals surface area contributed by atoms with Gasteiger partial charge in [-0.25, -0.2) is 0 Å². The molecule has 2 aromatic rings. The second kappa shape index (κ2) is 10.5. The van der Waals surface area contributed by atoms with E-state index in [9.17, 15) is 0 Å². The number of nitrogens with one attached hydrogen (secondary N) is 1. The zero-order valence-corrected chi connectivity index (χ0v) is 19.3. The van der Waals surface area contributed by atoms with Gasteiger partial charge in [0, 0.05) is 29.7 Å². The maximum absolute atomic E-state index is 6.65. The number of nitrogens with zero attached hydrogens (tertiary/aromatic N) is 1. The van der Waals surface area contributed by atoms with Crippen LogP contribution < -0.4 is 14.8 Å². The number of halogens is 1. The third-order valence-corrected chi connectivity index (χ3v) is 6.54. The quantitative estimate of drug-likeness (QED) is 0.529. The Labute approximate surface area is 191 Å². The number of likely N-dealkylation sites (tertiary alicyclic amines) is 1. The SMILES string of the molecule is CC(C)=CCC(NC1CCN(CCc2ccccc2)CC1)c1cc2c(cc1Cl)OCO2. The molecule has 0 bridgehead atoms. The maximum atomic E-state index is 6.65. The molecular formula is C26H33ClN2O2. The maximum Gasteiger partial charge on any atom is 0.231 e. The standard InChI is InChI=1S/C26H33ClN2O2/c1-19(2)8-9-24(22-16-25-26(17-23(22)27)31-18-30-25)28-21-11-14-29(15-12-21)13-10-20-6-4-3-5-7-20/h3-8,16-17,21,24,28H,9-15,18H2,1-2H3. The summed E-state index contributed by atoms with van der Waals surface area (Å²) in [6, 6.07) is 15.4. The van der Waals surface area contributed by atoms with Gasteiger partial charge in [0.15, 0.2) is 11.5 Å². The highest BCUT2D eigenvalue weighted by molar-refractivity contribution is 6.31. The smallest absolute Gasteiger partial charge is 0.231 e. The number of benzene rings is 2. The molecule has 0 radical (unpaired) electrons. The van der Waals surface area contributed by atoms with Crippen LogP contribution in [0.25, 0.3) is 0 Å². The van der Waals surface area contributed by atoms with Gasteiger partial charge in [-0.15, -0.1) is 0 Å². The lowest BCUT2D eigenvalue weighted by Crippen LogP contribution is -2.44. The molecule has 1 atom stereocenters. The van der Waals surface area contributed by atoms with E-state index in [4.69, 9.17) is 21.1 Å². The van der Waals surface area contributed by atoms with Crippen LogP contribution in [0.2, 0.25) is 5.02 Å². The number of allylic oxidation sites excluding steroid dienone is 1. The monoisotopic (exact) mass is 440 g/mol. The molecule has 0 amide bonds. The van der Waals surface area contributed by atoms with Crippen LogP contribution in [-0.4, -0.2) is 37.4 Å². The minimum atomic E-state index is 0.165. The number of hydrogen-bond acceptors (Lipinski definition) is 4. The molecule has 0 saturated carbocycles. The summed E-state index contributed by atoms with van der Waals surface area (Å²) in [5.74, 6) is 1.53. The van der Waals surface area contributed by atoms with Gasteiger partial charge in [0.25, 0.3) is 0 Å². The summed E-state index contributed by atoms with van der Waals surface area (Å²) in [6.07, 6.45) is 6.63. The van der Waals surface area contributed by atoms with Crippen molar-refractivity contribution >= 4 is 11.6 Å². The van der Waals surface area contributed by atoms with Crippen molar-refractivity contribution in [1.29, 1.82) is 0 Å². The molecule has 2 aromatic carbocycles. The fourth-order valence-electron chi connectivity index (χ4n) is 4.38. The first kappa shape index (κ1) is 22.2. The van der Waals surface area contributed by atoms with E-state index in [2.05, 4.69) is 66.5 Å². The van der Waals surface area contributed by atoms with Crippen LogP contribution in [0.1, 0.15) is 50.3 Å². The summed E-state index contributed by atoms with van der Waals surface area (Å²) in [5.41, 5.74) is 3.83. The molecule has 2 aliphatic rings. The first-order valence-corrected chi connectivity index (χ1v) is 11.7. The minimum Gasteiger partial charge on any atom is -0.454 e. The molecular weight excluding hydrogens is 408 g/mol. The molecule has 2 heterocycles. The van der Waals surface area contributed by atoms with Crippen LogP contribution in [0.15, 0.2) is 54.1 Å². The van der Waals surface area contributed by atoms with E-state index in [1.54, 1.807) is 0 Å². The third kappa shape index (κ3) is 6.03. The summed E-state index contributed by atoms with van der Waals surface area (Å²) in [5, 5.41) is 4.64. The fourth-order valence-corrected chi connectivity index (χ4v) is 4.66. The molecule has 5 heteroatoms. The van der Waals surface area contributed by atoms with Gasteiger partial charge in [0.1, 0.15) is 0 Å². The molecule has 4 rings (SSSR count). The van der Waals surface area contributed by atoms with Gasteiger partial charge in [0.2, 0.25) is 6.79 Å². The van der Waals surface area contributed by atoms with Crippen molar-refractivity contribution in [2.75, 3.05) is 26.4 Å². The van der Waals surface area contributed by atoms with Gasteiger partial charge < -0.3 is 19.7 Å². The fraction of sp³-hybridized carbons (Fsp3) is 0.462. The molecule has 1 unspecified atom stereocenters. The Bertz CT molecular complexity index is 888. The van der Waals surface area contributed by atoms with E-state index in [0.717, 1.165) is 67.4 Å². The molecule has 31 heavy (non-hydrogen) atoms. The van der Waals surface area contributed by atoms with Crippen molar-refractivity contribution in [2.24, 2.45) is 0 Å². The van der Waals surface area contributed by atoms with E-state index in [-0.39, 0.29) is 12.8 Å². The summed E-state index contributed by atoms with van der Waals surface area (Å²) in [4.78, 5) is 2.59. The first-order valence-electron chi connectivity index (χ1n) is 11.3. The molecule has 0 spiro atoms. The lowest BCUT2D eigenvalue weighted by atomic mass is 9.97. The topological polar surface area (TPSA) is 33.7 Å². The summed E-state index contributed by atoms with van der Waals surface area (Å²) < 4.78 is 11.1. The summed E-state index contributed by atoms with van der Waals surface area (Å²) in [7, 11) is 0. The highest BCUT2D eigenvalue weighted by Gasteiger charge is 2.25. The van der Waals surface area contributed by atoms with Crippen molar-refractivity contribution in [3.05, 3.63) is 70.3 Å². The third-order valence-electron chi connectivity index (χ3n) is 6.21. The minimum absolute atomic E-state index is 0.165. The van der Waals surface area contributed by atoms with Crippen molar-refractivity contribution < 1.29 is 9.47 Å². The first-order chi connectivity index (χ1) is 15.1. The molecule has 4 nitrogen and oxygen atoms in total. The lowest BCUT2D eigenvalue weighted by Gasteiger charge is -2.35. The Hall–Kier alpha value is -2.01. The second-order valence-electron chi connectivity index (χ2n) is 8.81. The highest BCUT2D eigenvalue weighted by Crippen LogP contribution is 2.40. The Morgan fingerprint density at radius 3 is 2.55 bits per heavy atom. The number of hydrogen-bond donors (Lipinski definition) is 1. The van der Waals surface area contributed by atoms with Gasteiger partial charge in [-0.1, -0.05) is 53.6 Å². The van der Waals surface area contributed by atoms with Crippen molar-refractivity contribution in [1.82, 2.24) is 10.2 Å². The van der Waals surface area contributed by atoms with Crippen molar-refractivity contribution in [2.45, 2.75) is 51.6 Å². The molecule has 166 valence electrons. The van der Waals surface area contributed by atoms with Crippen LogP contribution in [-0.2, 0) is 6.42 Å². The van der Waals surface area contributed by atoms with Crippen molar-refractivity contribution in [3.8, 4) is 11.5 Å². The average molecular weight is 441 g/mol. The zero-order chi connectivity index (χ0) is 21.6. The van der Waals surface area contributed by atoms with Gasteiger partial charge in [-0.05, 0) is 69.8 Å². The van der Waals surface area contributed by atoms with E-state index in [1.165, 1.54) is 11.1 Å². The number of piperidine rings is 1. The van der Waals surface area contributed by atoms with E-state index < -0.39 is 0 Å². The lowest BCUT2D eigenvalue weighted by molar-refractivity contribution is 0.174. The molecule has 0 aromatic heterocycles. The molecule has 1 N–H and O–H groups in total. The molecule has 2 aliphatic heterocycles. The normalized spacial score (nSPS) is 17.5. The number of rotatable bonds is 8. The van der Waals surface area contributed by atoms with Crippen LogP contribution in [0.3, 0.4) is 0 Å². The molecule has 1 saturated heterocycles. The van der Waals surface area contributed by atoms with Gasteiger partial charge in [-0.2, -0.15) is 0 Å². The Morgan fingerprint density at radius 1 is 1.13 bits per heavy atom. The average Bonchev–Trinajstić information content (AvgIpc) is 3.23. The summed E-state index contributed by atoms with van der Waals surface area (Å²) in [6.45, 7) is 7.95. The van der Waals surface area contributed by atoms with E-state index in [1.807, 2.05) is 6.07 Å². The van der Waals surface area contributed by atoms with Gasteiger partial charge in [-0.3, -0.25) is 0 Å². The predicted octanol–water partition coefficient (Wildman–Crippen LogP) is 5.76. The second-order valence-corrected chi connectivity index (χ2v) is 9.22. The molecule has 1 fully saturated rings. The zero-order valence-electron chi connectivity index (χ0n) is 18.6. The largest absolute Gasteiger partial charge is 0.454 e. The molecule has 0 aliphatic carbocycles. The van der Waals surface area contributed by atoms with Gasteiger partial charge in [0.05, 0.1) is 0 Å². The van der Waals surface area contributed by atoms with E-state index in [0.29, 0.717) is 6.04 Å². The van der Waals surface area contributed by atoms with Crippen LogP contribution >= 0.6 is 11.6 Å². The van der Waals surface area contributed by atoms with Crippen molar-refractivity contribution in [3.63, 3.8) is 0 Å². The highest BCUT2D eigenvalue weighted by atomic mass is 35.5. The Balaban J connectivity index is 1.36. The van der Waals surface area contributed by atoms with Crippen LogP contribution in [0.5, 0.6) is 11.5 Å². The Kier molecular flexibility index (Phi) is 7.54. The van der Waals surface area contributed by atoms with E-state index >= 15 is 0 Å².